The fourth-order valence-electron chi connectivity index (χ4n) is 8.90. The normalized spacial score (nSPS) is 19.0. The summed E-state index contributed by atoms with van der Waals surface area (Å²) in [6.07, 6.45) is 1.15. The van der Waals surface area contributed by atoms with Crippen LogP contribution in [0.15, 0.2) is 24.3 Å². The van der Waals surface area contributed by atoms with Crippen LogP contribution >= 0.6 is 0 Å². The first-order chi connectivity index (χ1) is 31.0. The molecule has 1 saturated heterocycles. The minimum Gasteiger partial charge on any atom is -0.410 e. The second kappa shape index (κ2) is 25.7. The second-order valence-corrected chi connectivity index (χ2v) is 20.9. The second-order valence-electron chi connectivity index (χ2n) is 18.9. The molecule has 66 heavy (non-hydrogen) atoms. The van der Waals surface area contributed by atoms with E-state index in [4.69, 9.17) is 14.2 Å². The number of methoxy groups -OCH3 is 2. The third kappa shape index (κ3) is 15.4. The topological polar surface area (TPSA) is 222 Å². The molecule has 0 radical (unpaired) electrons. The Bertz CT molecular complexity index is 1890. The van der Waals surface area contributed by atoms with E-state index in [1.54, 1.807) is 48.0 Å². The Morgan fingerprint density at radius 3 is 1.98 bits per heavy atom. The molecular formula is C47H79N7O11S. The Labute approximate surface area is 393 Å². The highest BCUT2D eigenvalue weighted by Gasteiger charge is 2.44. The van der Waals surface area contributed by atoms with Gasteiger partial charge in [-0.3, -0.25) is 33.6 Å². The SMILES string of the molecule is CCCNC(=O)Oc1ccc(C[C@H](NC(=O)[C@H](C)[C@@H](OC)[C@@H]2CCCN2C(=O)C[C@@H](OC)C([C@@H](C)CC)N(C)C(=O)[C@@H](NC(=O)[C@H](C(C)C)N(C)C)C(C)C)C(=O)NS(=O)(=O)C2CC2)cc1. The van der Waals surface area contributed by atoms with Gasteiger partial charge in [-0.15, -0.1) is 0 Å². The number of carbonyl (C=O) groups is 6. The predicted molar refractivity (Wildman–Crippen MR) is 252 cm³/mol. The largest absolute Gasteiger partial charge is 0.412 e. The third-order valence-electron chi connectivity index (χ3n) is 12.9. The zero-order valence-electron chi connectivity index (χ0n) is 41.5. The molecule has 0 aromatic heterocycles. The number of nitrogens with zero attached hydrogens (tertiary/aromatic N) is 3. The van der Waals surface area contributed by atoms with Gasteiger partial charge in [0.15, 0.2) is 0 Å². The van der Waals surface area contributed by atoms with Gasteiger partial charge < -0.3 is 40.0 Å². The van der Waals surface area contributed by atoms with Gasteiger partial charge >= 0.3 is 6.09 Å². The molecule has 18 nitrogen and oxygen atoms in total. The van der Waals surface area contributed by atoms with E-state index in [1.807, 2.05) is 67.5 Å². The van der Waals surface area contributed by atoms with Crippen molar-refractivity contribution in [1.29, 1.82) is 0 Å². The number of nitrogens with one attached hydrogen (secondary N) is 4. The molecule has 19 heteroatoms. The monoisotopic (exact) mass is 950 g/mol. The molecule has 1 aromatic carbocycles. The van der Waals surface area contributed by atoms with Crippen LogP contribution in [0.25, 0.3) is 0 Å². The maximum absolute atomic E-state index is 14.4. The lowest BCUT2D eigenvalue weighted by molar-refractivity contribution is -0.148. The van der Waals surface area contributed by atoms with Crippen molar-refractivity contribution in [2.45, 2.75) is 154 Å². The van der Waals surface area contributed by atoms with Gasteiger partial charge in [0.1, 0.15) is 17.8 Å². The summed E-state index contributed by atoms with van der Waals surface area (Å²) >= 11 is 0. The van der Waals surface area contributed by atoms with Crippen molar-refractivity contribution in [2.24, 2.45) is 23.7 Å². The fraction of sp³-hybridized carbons (Fsp3) is 0.745. The molecule has 1 unspecified atom stereocenters. The quantitative estimate of drug-likeness (QED) is 0.105. The number of likely N-dealkylation sites (N-methyl/N-ethyl adjacent to an activating group) is 2. The number of sulfonamides is 1. The molecule has 0 spiro atoms. The average Bonchev–Trinajstić information content (AvgIpc) is 4.02. The minimum atomic E-state index is -3.95. The summed E-state index contributed by atoms with van der Waals surface area (Å²) in [5, 5.41) is 7.72. The third-order valence-corrected chi connectivity index (χ3v) is 14.7. The van der Waals surface area contributed by atoms with Crippen LogP contribution in [-0.2, 0) is 49.9 Å². The van der Waals surface area contributed by atoms with E-state index < -0.39 is 81.5 Å². The molecule has 374 valence electrons. The zero-order chi connectivity index (χ0) is 49.6. The van der Waals surface area contributed by atoms with Gasteiger partial charge in [0.2, 0.25) is 33.7 Å². The maximum Gasteiger partial charge on any atom is 0.412 e. The number of benzene rings is 1. The highest BCUT2D eigenvalue weighted by Crippen LogP contribution is 2.31. The first-order valence-corrected chi connectivity index (χ1v) is 25.1. The molecule has 2 fully saturated rings. The van der Waals surface area contributed by atoms with E-state index in [0.29, 0.717) is 50.8 Å². The molecule has 2 aliphatic rings. The summed E-state index contributed by atoms with van der Waals surface area (Å²) in [5.41, 5.74) is 0.563. The van der Waals surface area contributed by atoms with Gasteiger partial charge in [-0.25, -0.2) is 13.2 Å². The van der Waals surface area contributed by atoms with E-state index >= 15 is 0 Å². The molecule has 1 aromatic rings. The van der Waals surface area contributed by atoms with Crippen LogP contribution in [0.5, 0.6) is 5.75 Å². The van der Waals surface area contributed by atoms with E-state index in [0.717, 1.165) is 6.42 Å². The summed E-state index contributed by atoms with van der Waals surface area (Å²) in [4.78, 5) is 87.2. The predicted octanol–water partition coefficient (Wildman–Crippen LogP) is 3.47. The summed E-state index contributed by atoms with van der Waals surface area (Å²) < 4.78 is 45.1. The summed E-state index contributed by atoms with van der Waals surface area (Å²) in [5.74, 6) is -3.21. The Kier molecular flexibility index (Phi) is 21.8. The van der Waals surface area contributed by atoms with Crippen LogP contribution in [0.1, 0.15) is 106 Å². The van der Waals surface area contributed by atoms with Crippen molar-refractivity contribution in [2.75, 3.05) is 48.5 Å². The lowest BCUT2D eigenvalue weighted by Crippen LogP contribution is -2.59. The Morgan fingerprint density at radius 1 is 0.833 bits per heavy atom. The molecule has 4 N–H and O–H groups in total. The molecular weight excluding hydrogens is 871 g/mol. The average molecular weight is 950 g/mol. The zero-order valence-corrected chi connectivity index (χ0v) is 42.4. The number of hydrogen-bond acceptors (Lipinski definition) is 12. The van der Waals surface area contributed by atoms with Crippen molar-refractivity contribution in [3.05, 3.63) is 29.8 Å². The number of likely N-dealkylation sites (tertiary alicyclic amines) is 1. The highest BCUT2D eigenvalue weighted by atomic mass is 32.2. The number of carbonyl (C=O) groups excluding carboxylic acids is 6. The van der Waals surface area contributed by atoms with Gasteiger partial charge in [0, 0.05) is 40.8 Å². The van der Waals surface area contributed by atoms with E-state index in [9.17, 15) is 37.2 Å². The van der Waals surface area contributed by atoms with Gasteiger partial charge in [-0.05, 0) is 81.6 Å². The van der Waals surface area contributed by atoms with Gasteiger partial charge in [-0.1, -0.05) is 73.9 Å². The van der Waals surface area contributed by atoms with Gasteiger partial charge in [0.05, 0.1) is 47.9 Å². The number of rotatable bonds is 26. The minimum absolute atomic E-state index is 0.00599. The summed E-state index contributed by atoms with van der Waals surface area (Å²) in [7, 11) is 4.38. The molecule has 1 aliphatic heterocycles. The number of ether oxygens (including phenoxy) is 3. The molecule has 9 atom stereocenters. The molecule has 1 saturated carbocycles. The summed E-state index contributed by atoms with van der Waals surface area (Å²) in [6, 6.07) is 2.70. The van der Waals surface area contributed by atoms with E-state index in [-0.39, 0.29) is 54.1 Å². The first kappa shape index (κ1) is 56.0. The van der Waals surface area contributed by atoms with Crippen LogP contribution < -0.4 is 25.4 Å². The Balaban J connectivity index is 1.82. The molecule has 3 rings (SSSR count). The van der Waals surface area contributed by atoms with Crippen LogP contribution in [-0.4, -0.2) is 155 Å². The van der Waals surface area contributed by atoms with E-state index in [1.165, 1.54) is 14.2 Å². The highest BCUT2D eigenvalue weighted by molar-refractivity contribution is 7.90. The van der Waals surface area contributed by atoms with Gasteiger partial charge in [-0.2, -0.15) is 0 Å². The van der Waals surface area contributed by atoms with E-state index in [2.05, 4.69) is 20.7 Å². The Morgan fingerprint density at radius 2 is 1.47 bits per heavy atom. The van der Waals surface area contributed by atoms with Crippen LogP contribution in [0.4, 0.5) is 4.79 Å². The maximum atomic E-state index is 14.4. The molecule has 6 amide bonds. The number of amides is 6. The van der Waals surface area contributed by atoms with Crippen LogP contribution in [0.3, 0.4) is 0 Å². The van der Waals surface area contributed by atoms with Crippen molar-refractivity contribution >= 4 is 45.7 Å². The van der Waals surface area contributed by atoms with Crippen molar-refractivity contribution in [3.63, 3.8) is 0 Å². The fourth-order valence-corrected chi connectivity index (χ4v) is 10.2. The smallest absolute Gasteiger partial charge is 0.410 e. The lowest BCUT2D eigenvalue weighted by atomic mass is 9.89. The standard InChI is InChI=1S/C47H79N7O11S/c1-14-24-48-47(60)65-33-20-18-32(19-21-33)26-35(44(57)51-66(61,62)34-22-23-34)49-43(56)31(8)42(64-13)36-17-16-25-54(36)38(55)27-37(63-12)41(30(7)15-2)53(11)46(59)39(28(3)4)50-45(58)40(29(5)6)52(9)10/h18-21,28-31,34-37,39-42H,14-17,22-27H2,1-13H3,(H,48,60)(H,49,56)(H,50,58)(H,51,57)/t30-,31+,35-,36-,37+,39-,40-,41?,42+/m0/s1. The molecule has 0 bridgehead atoms. The van der Waals surface area contributed by atoms with Gasteiger partial charge in [0.25, 0.3) is 5.91 Å². The van der Waals surface area contributed by atoms with Crippen LogP contribution in [0, 0.1) is 23.7 Å². The summed E-state index contributed by atoms with van der Waals surface area (Å²) in [6.45, 7) is 16.1. The van der Waals surface area contributed by atoms with Crippen LogP contribution in [0.2, 0.25) is 0 Å². The van der Waals surface area contributed by atoms with Crippen molar-refractivity contribution in [1.82, 2.24) is 35.4 Å². The van der Waals surface area contributed by atoms with Crippen molar-refractivity contribution in [3.8, 4) is 5.75 Å². The molecule has 1 aliphatic carbocycles. The van der Waals surface area contributed by atoms with Crippen molar-refractivity contribution < 1.29 is 51.4 Å². The lowest BCUT2D eigenvalue weighted by Gasteiger charge is -2.41. The number of hydrogen-bond donors (Lipinski definition) is 4. The Hall–Kier alpha value is -4.33. The molecule has 1 heterocycles. The first-order valence-electron chi connectivity index (χ1n) is 23.5.